The van der Waals surface area contributed by atoms with Crippen LogP contribution in [0, 0.1) is 0 Å². The van der Waals surface area contributed by atoms with Crippen molar-refractivity contribution >= 4 is 34.0 Å². The standard InChI is InChI=1S/C22H21N5O/c1-28-18-6-4-5-17(13-18)24-21-19-7-2-3-8-20(19)26-22(27-21)25-16-11-9-15(14-23)10-12-16/h2-13H,14,23H2,1H3,(H2,24,25,26,27). The number of anilines is 4. The summed E-state index contributed by atoms with van der Waals surface area (Å²) in [5, 5.41) is 7.59. The highest BCUT2D eigenvalue weighted by molar-refractivity contribution is 5.92. The number of para-hydroxylation sites is 1. The number of rotatable bonds is 6. The van der Waals surface area contributed by atoms with E-state index < -0.39 is 0 Å². The first kappa shape index (κ1) is 17.8. The molecule has 3 aromatic carbocycles. The molecule has 0 aliphatic rings. The summed E-state index contributed by atoms with van der Waals surface area (Å²) in [7, 11) is 1.65. The number of nitrogens with zero attached hydrogens (tertiary/aromatic N) is 2. The molecule has 140 valence electrons. The van der Waals surface area contributed by atoms with Gasteiger partial charge in [-0.05, 0) is 42.0 Å². The number of nitrogens with one attached hydrogen (secondary N) is 2. The quantitative estimate of drug-likeness (QED) is 0.460. The van der Waals surface area contributed by atoms with Gasteiger partial charge < -0.3 is 21.1 Å². The van der Waals surface area contributed by atoms with Crippen LogP contribution in [0.4, 0.5) is 23.1 Å². The van der Waals surface area contributed by atoms with E-state index in [9.17, 15) is 0 Å². The van der Waals surface area contributed by atoms with Gasteiger partial charge >= 0.3 is 0 Å². The molecule has 4 rings (SSSR count). The van der Waals surface area contributed by atoms with Crippen LogP contribution >= 0.6 is 0 Å². The molecule has 4 N–H and O–H groups in total. The summed E-state index contributed by atoms with van der Waals surface area (Å²) in [6.07, 6.45) is 0. The van der Waals surface area contributed by atoms with Gasteiger partial charge in [0.25, 0.3) is 0 Å². The topological polar surface area (TPSA) is 85.1 Å². The van der Waals surface area contributed by atoms with Gasteiger partial charge in [-0.15, -0.1) is 0 Å². The lowest BCUT2D eigenvalue weighted by Crippen LogP contribution is -2.03. The van der Waals surface area contributed by atoms with Gasteiger partial charge in [0.1, 0.15) is 11.6 Å². The summed E-state index contributed by atoms with van der Waals surface area (Å²) in [6.45, 7) is 0.515. The molecule has 0 saturated heterocycles. The first-order chi connectivity index (χ1) is 13.7. The van der Waals surface area contributed by atoms with E-state index in [4.69, 9.17) is 15.5 Å². The van der Waals surface area contributed by atoms with Gasteiger partial charge in [0.15, 0.2) is 0 Å². The van der Waals surface area contributed by atoms with Crippen LogP contribution in [0.2, 0.25) is 0 Å². The Kier molecular flexibility index (Phi) is 5.03. The van der Waals surface area contributed by atoms with E-state index in [-0.39, 0.29) is 0 Å². The molecule has 0 unspecified atom stereocenters. The van der Waals surface area contributed by atoms with Gasteiger partial charge in [-0.25, -0.2) is 4.98 Å². The fourth-order valence-corrected chi connectivity index (χ4v) is 2.92. The highest BCUT2D eigenvalue weighted by Gasteiger charge is 2.09. The first-order valence-corrected chi connectivity index (χ1v) is 8.99. The molecule has 1 heterocycles. The lowest BCUT2D eigenvalue weighted by atomic mass is 10.2. The minimum absolute atomic E-state index is 0.515. The summed E-state index contributed by atoms with van der Waals surface area (Å²) < 4.78 is 5.31. The zero-order chi connectivity index (χ0) is 19.3. The number of hydrogen-bond donors (Lipinski definition) is 3. The maximum Gasteiger partial charge on any atom is 0.229 e. The second-order valence-corrected chi connectivity index (χ2v) is 6.30. The Morgan fingerprint density at radius 2 is 1.68 bits per heavy atom. The third-order valence-corrected chi connectivity index (χ3v) is 4.38. The van der Waals surface area contributed by atoms with Crippen LogP contribution in [0.3, 0.4) is 0 Å². The number of nitrogens with two attached hydrogens (primary N) is 1. The summed E-state index contributed by atoms with van der Waals surface area (Å²) in [6, 6.07) is 23.5. The van der Waals surface area contributed by atoms with Crippen molar-refractivity contribution in [2.45, 2.75) is 6.54 Å². The molecular weight excluding hydrogens is 350 g/mol. The van der Waals surface area contributed by atoms with Crippen molar-refractivity contribution in [3.63, 3.8) is 0 Å². The molecule has 0 aliphatic heterocycles. The van der Waals surface area contributed by atoms with Crippen molar-refractivity contribution in [1.29, 1.82) is 0 Å². The number of fused-ring (bicyclic) bond motifs is 1. The van der Waals surface area contributed by atoms with Crippen LogP contribution in [-0.2, 0) is 6.54 Å². The minimum atomic E-state index is 0.515. The molecule has 0 saturated carbocycles. The van der Waals surface area contributed by atoms with E-state index in [2.05, 4.69) is 15.6 Å². The molecule has 0 aliphatic carbocycles. The van der Waals surface area contributed by atoms with Crippen molar-refractivity contribution in [3.05, 3.63) is 78.4 Å². The molecule has 0 bridgehead atoms. The van der Waals surface area contributed by atoms with E-state index in [0.29, 0.717) is 12.5 Å². The average molecular weight is 371 g/mol. The van der Waals surface area contributed by atoms with Crippen molar-refractivity contribution in [1.82, 2.24) is 9.97 Å². The molecule has 0 radical (unpaired) electrons. The van der Waals surface area contributed by atoms with Gasteiger partial charge in [-0.1, -0.05) is 30.3 Å². The van der Waals surface area contributed by atoms with Crippen LogP contribution in [0.1, 0.15) is 5.56 Å². The highest BCUT2D eigenvalue weighted by atomic mass is 16.5. The summed E-state index contributed by atoms with van der Waals surface area (Å²) in [5.41, 5.74) is 9.38. The number of ether oxygens (including phenoxy) is 1. The van der Waals surface area contributed by atoms with Gasteiger partial charge in [-0.2, -0.15) is 4.98 Å². The van der Waals surface area contributed by atoms with Crippen molar-refractivity contribution in [3.8, 4) is 5.75 Å². The van der Waals surface area contributed by atoms with E-state index in [0.717, 1.165) is 39.4 Å². The zero-order valence-electron chi connectivity index (χ0n) is 15.5. The molecule has 6 heteroatoms. The molecule has 28 heavy (non-hydrogen) atoms. The molecule has 6 nitrogen and oxygen atoms in total. The van der Waals surface area contributed by atoms with E-state index in [1.54, 1.807) is 7.11 Å². The zero-order valence-corrected chi connectivity index (χ0v) is 15.5. The minimum Gasteiger partial charge on any atom is -0.497 e. The molecule has 0 atom stereocenters. The smallest absolute Gasteiger partial charge is 0.229 e. The maximum absolute atomic E-state index is 5.67. The largest absolute Gasteiger partial charge is 0.497 e. The number of benzene rings is 3. The van der Waals surface area contributed by atoms with Crippen LogP contribution < -0.4 is 21.1 Å². The molecular formula is C22H21N5O. The number of hydrogen-bond acceptors (Lipinski definition) is 6. The SMILES string of the molecule is COc1cccc(Nc2nc(Nc3ccc(CN)cc3)nc3ccccc23)c1. The Hall–Kier alpha value is -3.64. The fourth-order valence-electron chi connectivity index (χ4n) is 2.92. The van der Waals surface area contributed by atoms with E-state index in [1.807, 2.05) is 72.8 Å². The second-order valence-electron chi connectivity index (χ2n) is 6.30. The van der Waals surface area contributed by atoms with Crippen LogP contribution in [0.15, 0.2) is 72.8 Å². The summed E-state index contributed by atoms with van der Waals surface area (Å²) in [4.78, 5) is 9.33. The predicted molar refractivity (Wildman–Crippen MR) is 113 cm³/mol. The normalized spacial score (nSPS) is 10.6. The Labute approximate surface area is 163 Å². The maximum atomic E-state index is 5.67. The Morgan fingerprint density at radius 1 is 0.857 bits per heavy atom. The fraction of sp³-hybridized carbons (Fsp3) is 0.0909. The molecule has 1 aromatic heterocycles. The average Bonchev–Trinajstić information content (AvgIpc) is 2.74. The van der Waals surface area contributed by atoms with Crippen molar-refractivity contribution in [2.24, 2.45) is 5.73 Å². The molecule has 0 amide bonds. The Bertz CT molecular complexity index is 1100. The Balaban J connectivity index is 1.70. The second kappa shape index (κ2) is 7.94. The number of aromatic nitrogens is 2. The van der Waals surface area contributed by atoms with Crippen molar-refractivity contribution in [2.75, 3.05) is 17.7 Å². The number of methoxy groups -OCH3 is 1. The highest BCUT2D eigenvalue weighted by Crippen LogP contribution is 2.27. The van der Waals surface area contributed by atoms with E-state index >= 15 is 0 Å². The van der Waals surface area contributed by atoms with Gasteiger partial charge in [0.2, 0.25) is 5.95 Å². The monoisotopic (exact) mass is 371 g/mol. The Morgan fingerprint density at radius 3 is 2.46 bits per heavy atom. The molecule has 0 fully saturated rings. The van der Waals surface area contributed by atoms with Crippen molar-refractivity contribution < 1.29 is 4.74 Å². The van der Waals surface area contributed by atoms with Crippen LogP contribution in [0.5, 0.6) is 5.75 Å². The van der Waals surface area contributed by atoms with Gasteiger partial charge in [-0.3, -0.25) is 0 Å². The van der Waals surface area contributed by atoms with Gasteiger partial charge in [0.05, 0.1) is 12.6 Å². The first-order valence-electron chi connectivity index (χ1n) is 8.99. The lowest BCUT2D eigenvalue weighted by Gasteiger charge is -2.13. The lowest BCUT2D eigenvalue weighted by molar-refractivity contribution is 0.415. The molecule has 4 aromatic rings. The summed E-state index contributed by atoms with van der Waals surface area (Å²) in [5.74, 6) is 2.02. The van der Waals surface area contributed by atoms with Crippen LogP contribution in [0.25, 0.3) is 10.9 Å². The third-order valence-electron chi connectivity index (χ3n) is 4.38. The molecule has 0 spiro atoms. The van der Waals surface area contributed by atoms with Crippen LogP contribution in [-0.4, -0.2) is 17.1 Å². The van der Waals surface area contributed by atoms with Gasteiger partial charge in [0, 0.05) is 29.4 Å². The summed E-state index contributed by atoms with van der Waals surface area (Å²) >= 11 is 0. The third kappa shape index (κ3) is 3.87. The van der Waals surface area contributed by atoms with E-state index in [1.165, 1.54) is 0 Å². The predicted octanol–water partition coefficient (Wildman–Crippen LogP) is 4.58.